The van der Waals surface area contributed by atoms with Crippen molar-refractivity contribution >= 4 is 74.8 Å². The molecule has 0 aromatic rings. The third-order valence-corrected chi connectivity index (χ3v) is 0. The number of carboxylic acid groups (broad SMARTS) is 2. The van der Waals surface area contributed by atoms with Crippen molar-refractivity contribution in [2.24, 2.45) is 0 Å². The van der Waals surface area contributed by atoms with Gasteiger partial charge in [-0.3, -0.25) is 0 Å². The van der Waals surface area contributed by atoms with Crippen molar-refractivity contribution in [2.45, 2.75) is 0 Å². The molecule has 0 rings (SSSR count). The fourth-order valence-electron chi connectivity index (χ4n) is 0. The molecular formula is CCaMgO7P-. The van der Waals surface area contributed by atoms with E-state index >= 15 is 0 Å². The molecule has 56 valence electrons. The molecule has 0 saturated heterocycles. The molecule has 0 aliphatic carbocycles. The molecule has 0 unspecified atom stereocenters. The summed E-state index contributed by atoms with van der Waals surface area (Å²) in [5, 5.41) is 16.7. The Labute approximate surface area is 108 Å². The second-order valence-corrected chi connectivity index (χ2v) is 1.59. The Kier molecular flexibility index (Phi) is 23.7. The molecular weight excluding hydrogens is 219 g/mol. The van der Waals surface area contributed by atoms with E-state index in [0.717, 1.165) is 0 Å². The van der Waals surface area contributed by atoms with Crippen LogP contribution >= 0.6 is 7.82 Å². The zero-order valence-electron chi connectivity index (χ0n) is 5.22. The first-order valence-electron chi connectivity index (χ1n) is 1.34. The number of carbonyl (C=O) groups is 1. The van der Waals surface area contributed by atoms with E-state index in [2.05, 4.69) is 0 Å². The second kappa shape index (κ2) is 11.4. The zero-order valence-corrected chi connectivity index (χ0v) is 9.74. The van der Waals surface area contributed by atoms with Crippen molar-refractivity contribution in [1.82, 2.24) is 0 Å². The summed E-state index contributed by atoms with van der Waals surface area (Å²) >= 11 is 0. The Morgan fingerprint density at radius 3 is 1.09 bits per heavy atom. The topological polar surface area (TPSA) is 149 Å². The van der Waals surface area contributed by atoms with E-state index in [1.54, 1.807) is 0 Å². The van der Waals surface area contributed by atoms with Gasteiger partial charge in [-0.2, -0.15) is 7.82 Å². The third kappa shape index (κ3) is 510. The van der Waals surface area contributed by atoms with Gasteiger partial charge in [0.1, 0.15) is 0 Å². The van der Waals surface area contributed by atoms with E-state index in [1.165, 1.54) is 0 Å². The Morgan fingerprint density at radius 2 is 1.09 bits per heavy atom. The van der Waals surface area contributed by atoms with Crippen LogP contribution in [0.3, 0.4) is 0 Å². The van der Waals surface area contributed by atoms with Crippen molar-refractivity contribution in [3.63, 3.8) is 0 Å². The van der Waals surface area contributed by atoms with E-state index in [4.69, 9.17) is 34.3 Å². The van der Waals surface area contributed by atoms with Crippen LogP contribution in [0.2, 0.25) is 0 Å². The molecule has 0 aromatic heterocycles. The summed E-state index contributed by atoms with van der Waals surface area (Å²) in [6, 6.07) is 0. The molecule has 0 aliphatic rings. The van der Waals surface area contributed by atoms with E-state index in [9.17, 15) is 0 Å². The van der Waals surface area contributed by atoms with Gasteiger partial charge in [-0.05, 0) is 6.16 Å². The van der Waals surface area contributed by atoms with Crippen LogP contribution in [0.1, 0.15) is 0 Å². The fourth-order valence-corrected chi connectivity index (χ4v) is 0. The van der Waals surface area contributed by atoms with Gasteiger partial charge >= 0.3 is 60.8 Å². The summed E-state index contributed by atoms with van der Waals surface area (Å²) in [5.41, 5.74) is 0. The molecule has 7 nitrogen and oxygen atoms in total. The van der Waals surface area contributed by atoms with Crippen LogP contribution in [0.4, 0.5) is 4.79 Å². The van der Waals surface area contributed by atoms with Crippen molar-refractivity contribution < 1.29 is 34.3 Å². The average Bonchev–Trinajstić information content (AvgIpc) is 1.19. The second-order valence-electron chi connectivity index (χ2n) is 0.697. The minimum Gasteiger partial charge on any atom is -0.822 e. The maximum atomic E-state index is 8.55. The van der Waals surface area contributed by atoms with Gasteiger partial charge in [-0.25, -0.2) is 0 Å². The largest absolute Gasteiger partial charge is 2.00 e. The number of hydrogen-bond donors (Lipinski definition) is 0. The minimum atomic E-state index is -5.39. The smallest absolute Gasteiger partial charge is 0.822 e. The SMILES string of the molecule is O=C([O-])[O-].O=P([O-])([O-])[O-].[Ca+2].[Mg+2]. The monoisotopic (exact) mass is 219 g/mol. The zero-order chi connectivity index (χ0) is 8.08. The van der Waals surface area contributed by atoms with Gasteiger partial charge in [0, 0.05) is 0 Å². The first kappa shape index (κ1) is 22.8. The van der Waals surface area contributed by atoms with E-state index < -0.39 is 14.0 Å². The van der Waals surface area contributed by atoms with Crippen molar-refractivity contribution in [3.8, 4) is 0 Å². The summed E-state index contributed by atoms with van der Waals surface area (Å²) in [4.78, 5) is 34.0. The van der Waals surface area contributed by atoms with Crippen molar-refractivity contribution in [2.75, 3.05) is 0 Å². The molecule has 0 aliphatic heterocycles. The van der Waals surface area contributed by atoms with Gasteiger partial charge in [-0.15, -0.1) is 0 Å². The normalized spacial score (nSPS) is 7.55. The fraction of sp³-hybridized carbons (Fsp3) is 0. The van der Waals surface area contributed by atoms with Crippen LogP contribution in [0, 0.1) is 0 Å². The molecule has 0 radical (unpaired) electrons. The minimum absolute atomic E-state index is 0. The van der Waals surface area contributed by atoms with Crippen LogP contribution in [0.15, 0.2) is 0 Å². The summed E-state index contributed by atoms with van der Waals surface area (Å²) in [7, 11) is -5.39. The molecule has 0 N–H and O–H groups in total. The first-order chi connectivity index (χ1) is 3.73. The third-order valence-electron chi connectivity index (χ3n) is 0. The van der Waals surface area contributed by atoms with Gasteiger partial charge in [0.15, 0.2) is 0 Å². The standard InChI is InChI=1S/CH2O3.Ca.Mg.H3O4P/c2-1(3)4;;;1-5(2,3)4/h(H2,2,3,4);;;(H3,1,2,3,4)/q;2*+2;/p-5. The molecule has 0 bridgehead atoms. The summed E-state index contributed by atoms with van der Waals surface area (Å²) < 4.78 is 8.55. The quantitative estimate of drug-likeness (QED) is 0.290. The molecule has 0 spiro atoms. The maximum Gasteiger partial charge on any atom is 2.00 e. The number of phosphoric acid groups is 1. The van der Waals surface area contributed by atoms with Crippen LogP contribution in [0.5, 0.6) is 0 Å². The van der Waals surface area contributed by atoms with Gasteiger partial charge in [0.25, 0.3) is 0 Å². The number of rotatable bonds is 0. The van der Waals surface area contributed by atoms with Gasteiger partial charge in [0.2, 0.25) is 0 Å². The number of carbonyl (C=O) groups excluding carboxylic acids is 1. The van der Waals surface area contributed by atoms with Crippen LogP contribution < -0.4 is 24.9 Å². The Bertz CT molecular complexity index is 118. The molecule has 0 aromatic carbocycles. The van der Waals surface area contributed by atoms with Crippen LogP contribution in [-0.2, 0) is 4.57 Å². The summed E-state index contributed by atoms with van der Waals surface area (Å²) in [5.74, 6) is 0. The molecule has 0 amide bonds. The van der Waals surface area contributed by atoms with Crippen LogP contribution in [-0.4, -0.2) is 66.9 Å². The maximum absolute atomic E-state index is 8.55. The Hall–Kier alpha value is 1.41. The Balaban J connectivity index is -0.0000000383. The number of hydrogen-bond acceptors (Lipinski definition) is 7. The predicted octanol–water partition coefficient (Wildman–Crippen LogP) is -6.03. The predicted molar refractivity (Wildman–Crippen MR) is 24.5 cm³/mol. The molecule has 0 heterocycles. The van der Waals surface area contributed by atoms with Gasteiger partial charge < -0.3 is 34.3 Å². The molecule has 11 heavy (non-hydrogen) atoms. The molecule has 0 atom stereocenters. The van der Waals surface area contributed by atoms with E-state index in [1.807, 2.05) is 0 Å². The molecule has 10 heteroatoms. The average molecular weight is 219 g/mol. The Morgan fingerprint density at radius 1 is 1.09 bits per heavy atom. The van der Waals surface area contributed by atoms with Crippen molar-refractivity contribution in [1.29, 1.82) is 0 Å². The molecule has 0 fully saturated rings. The first-order valence-corrected chi connectivity index (χ1v) is 2.80. The van der Waals surface area contributed by atoms with E-state index in [0.29, 0.717) is 0 Å². The van der Waals surface area contributed by atoms with Gasteiger partial charge in [0.05, 0.1) is 0 Å². The molecule has 0 saturated carbocycles. The van der Waals surface area contributed by atoms with Gasteiger partial charge in [-0.1, -0.05) is 0 Å². The van der Waals surface area contributed by atoms with Crippen molar-refractivity contribution in [3.05, 3.63) is 0 Å². The summed E-state index contributed by atoms with van der Waals surface area (Å²) in [6.45, 7) is 0. The van der Waals surface area contributed by atoms with E-state index in [-0.39, 0.29) is 60.8 Å². The summed E-state index contributed by atoms with van der Waals surface area (Å²) in [6.07, 6.45) is -2.33. The van der Waals surface area contributed by atoms with Crippen LogP contribution in [0.25, 0.3) is 0 Å².